The molecule has 0 aliphatic heterocycles. The SMILES string of the molecule is N[C@H]1CCCCC[C@H]1c1ccc(Cl)cc1. The molecule has 0 unspecified atom stereocenters. The molecule has 2 heteroatoms. The summed E-state index contributed by atoms with van der Waals surface area (Å²) in [5.41, 5.74) is 7.57. The van der Waals surface area contributed by atoms with Crippen LogP contribution in [0, 0.1) is 0 Å². The number of halogens is 1. The summed E-state index contributed by atoms with van der Waals surface area (Å²) in [5, 5.41) is 0.806. The number of hydrogen-bond acceptors (Lipinski definition) is 1. The fourth-order valence-electron chi connectivity index (χ4n) is 2.46. The lowest BCUT2D eigenvalue weighted by molar-refractivity contribution is 0.505. The second kappa shape index (κ2) is 5.00. The maximum atomic E-state index is 6.22. The quantitative estimate of drug-likeness (QED) is 0.722. The first kappa shape index (κ1) is 11.0. The Morgan fingerprint density at radius 2 is 1.67 bits per heavy atom. The van der Waals surface area contributed by atoms with E-state index in [0.717, 1.165) is 11.4 Å². The molecule has 15 heavy (non-hydrogen) atoms. The highest BCUT2D eigenvalue weighted by atomic mass is 35.5. The number of nitrogens with two attached hydrogens (primary N) is 1. The van der Waals surface area contributed by atoms with Crippen molar-refractivity contribution in [1.82, 2.24) is 0 Å². The molecule has 2 atom stereocenters. The molecule has 1 aromatic rings. The minimum absolute atomic E-state index is 0.327. The van der Waals surface area contributed by atoms with Crippen molar-refractivity contribution in [3.05, 3.63) is 34.9 Å². The Kier molecular flexibility index (Phi) is 3.66. The van der Waals surface area contributed by atoms with Crippen molar-refractivity contribution in [2.45, 2.75) is 44.1 Å². The minimum atomic E-state index is 0.327. The zero-order chi connectivity index (χ0) is 10.7. The van der Waals surface area contributed by atoms with Gasteiger partial charge < -0.3 is 5.73 Å². The maximum absolute atomic E-state index is 6.22. The van der Waals surface area contributed by atoms with Crippen LogP contribution in [0.2, 0.25) is 5.02 Å². The van der Waals surface area contributed by atoms with E-state index in [2.05, 4.69) is 12.1 Å². The Morgan fingerprint density at radius 3 is 2.40 bits per heavy atom. The first-order valence-electron chi connectivity index (χ1n) is 5.78. The smallest absolute Gasteiger partial charge is 0.0406 e. The standard InChI is InChI=1S/C13H18ClN/c14-11-8-6-10(7-9-11)12-4-2-1-3-5-13(12)15/h6-9,12-13H,1-5,15H2/t12-,13-/m0/s1. The monoisotopic (exact) mass is 223 g/mol. The van der Waals surface area contributed by atoms with Crippen LogP contribution < -0.4 is 5.73 Å². The zero-order valence-electron chi connectivity index (χ0n) is 8.95. The van der Waals surface area contributed by atoms with Crippen molar-refractivity contribution in [3.63, 3.8) is 0 Å². The van der Waals surface area contributed by atoms with Crippen molar-refractivity contribution in [2.24, 2.45) is 5.73 Å². The van der Waals surface area contributed by atoms with Gasteiger partial charge in [-0.1, -0.05) is 43.0 Å². The van der Waals surface area contributed by atoms with Gasteiger partial charge in [-0.3, -0.25) is 0 Å². The normalized spacial score (nSPS) is 27.3. The lowest BCUT2D eigenvalue weighted by atomic mass is 9.88. The Balaban J connectivity index is 2.16. The molecule has 0 bridgehead atoms. The van der Waals surface area contributed by atoms with Crippen molar-refractivity contribution >= 4 is 11.6 Å². The summed E-state index contributed by atoms with van der Waals surface area (Å²) in [7, 11) is 0. The highest BCUT2D eigenvalue weighted by molar-refractivity contribution is 6.30. The molecule has 1 aliphatic rings. The molecule has 0 saturated heterocycles. The largest absolute Gasteiger partial charge is 0.327 e. The third kappa shape index (κ3) is 2.73. The van der Waals surface area contributed by atoms with Gasteiger partial charge >= 0.3 is 0 Å². The molecule has 0 heterocycles. The molecular formula is C13H18ClN. The van der Waals surface area contributed by atoms with Gasteiger partial charge in [0.05, 0.1) is 0 Å². The molecule has 0 aromatic heterocycles. The van der Waals surface area contributed by atoms with Crippen LogP contribution in [0.5, 0.6) is 0 Å². The molecular weight excluding hydrogens is 206 g/mol. The van der Waals surface area contributed by atoms with Crippen molar-refractivity contribution in [2.75, 3.05) is 0 Å². The number of benzene rings is 1. The third-order valence-electron chi connectivity index (χ3n) is 3.37. The number of rotatable bonds is 1. The molecule has 1 nitrogen and oxygen atoms in total. The summed E-state index contributed by atoms with van der Waals surface area (Å²) in [5.74, 6) is 0.532. The van der Waals surface area contributed by atoms with E-state index in [9.17, 15) is 0 Å². The Bertz CT molecular complexity index is 307. The summed E-state index contributed by atoms with van der Waals surface area (Å²) in [4.78, 5) is 0. The molecule has 2 N–H and O–H groups in total. The van der Waals surface area contributed by atoms with Crippen LogP contribution in [0.15, 0.2) is 24.3 Å². The maximum Gasteiger partial charge on any atom is 0.0406 e. The van der Waals surface area contributed by atoms with Gasteiger partial charge in [0.2, 0.25) is 0 Å². The second-order valence-electron chi connectivity index (χ2n) is 4.46. The fourth-order valence-corrected chi connectivity index (χ4v) is 2.59. The molecule has 0 spiro atoms. The van der Waals surface area contributed by atoms with E-state index in [1.54, 1.807) is 0 Å². The molecule has 0 amide bonds. The molecule has 2 rings (SSSR count). The van der Waals surface area contributed by atoms with E-state index in [1.807, 2.05) is 12.1 Å². The van der Waals surface area contributed by atoms with E-state index in [1.165, 1.54) is 31.2 Å². The van der Waals surface area contributed by atoms with Crippen molar-refractivity contribution < 1.29 is 0 Å². The molecule has 0 radical (unpaired) electrons. The van der Waals surface area contributed by atoms with E-state index in [-0.39, 0.29) is 0 Å². The summed E-state index contributed by atoms with van der Waals surface area (Å²) >= 11 is 5.89. The zero-order valence-corrected chi connectivity index (χ0v) is 9.71. The molecule has 1 aliphatic carbocycles. The summed E-state index contributed by atoms with van der Waals surface area (Å²) in [6.07, 6.45) is 6.31. The van der Waals surface area contributed by atoms with Crippen molar-refractivity contribution in [1.29, 1.82) is 0 Å². The molecule has 1 saturated carbocycles. The van der Waals surface area contributed by atoms with Crippen LogP contribution >= 0.6 is 11.6 Å². The van der Waals surface area contributed by atoms with Crippen LogP contribution in [0.1, 0.15) is 43.6 Å². The van der Waals surface area contributed by atoms with Crippen molar-refractivity contribution in [3.8, 4) is 0 Å². The van der Waals surface area contributed by atoms with Gasteiger partial charge in [0.25, 0.3) is 0 Å². The van der Waals surface area contributed by atoms with Gasteiger partial charge in [-0.25, -0.2) is 0 Å². The Morgan fingerprint density at radius 1 is 1.00 bits per heavy atom. The summed E-state index contributed by atoms with van der Waals surface area (Å²) < 4.78 is 0. The average molecular weight is 224 g/mol. The van der Waals surface area contributed by atoms with Crippen LogP contribution in [-0.4, -0.2) is 6.04 Å². The van der Waals surface area contributed by atoms with Crippen LogP contribution in [0.3, 0.4) is 0 Å². The Labute approximate surface area is 96.6 Å². The summed E-state index contributed by atoms with van der Waals surface area (Å²) in [6.45, 7) is 0. The lowest BCUT2D eigenvalue weighted by Crippen LogP contribution is -2.27. The van der Waals surface area contributed by atoms with Gasteiger partial charge in [-0.05, 0) is 36.5 Å². The molecule has 1 fully saturated rings. The predicted octanol–water partition coefficient (Wildman–Crippen LogP) is 3.72. The molecule has 82 valence electrons. The van der Waals surface area contributed by atoms with Crippen LogP contribution in [0.4, 0.5) is 0 Å². The highest BCUT2D eigenvalue weighted by Crippen LogP contribution is 2.31. The molecule has 1 aromatic carbocycles. The van der Waals surface area contributed by atoms with Gasteiger partial charge in [0.1, 0.15) is 0 Å². The second-order valence-corrected chi connectivity index (χ2v) is 4.90. The predicted molar refractivity (Wildman–Crippen MR) is 65.3 cm³/mol. The first-order valence-corrected chi connectivity index (χ1v) is 6.16. The van der Waals surface area contributed by atoms with Gasteiger partial charge in [0.15, 0.2) is 0 Å². The van der Waals surface area contributed by atoms with Crippen LogP contribution in [-0.2, 0) is 0 Å². The first-order chi connectivity index (χ1) is 7.27. The van der Waals surface area contributed by atoms with Gasteiger partial charge in [-0.2, -0.15) is 0 Å². The third-order valence-corrected chi connectivity index (χ3v) is 3.62. The van der Waals surface area contributed by atoms with Gasteiger partial charge in [-0.15, -0.1) is 0 Å². The van der Waals surface area contributed by atoms with Crippen LogP contribution in [0.25, 0.3) is 0 Å². The number of hydrogen-bond donors (Lipinski definition) is 1. The minimum Gasteiger partial charge on any atom is -0.327 e. The summed E-state index contributed by atoms with van der Waals surface area (Å²) in [6, 6.07) is 8.51. The Hall–Kier alpha value is -0.530. The van der Waals surface area contributed by atoms with E-state index < -0.39 is 0 Å². The topological polar surface area (TPSA) is 26.0 Å². The van der Waals surface area contributed by atoms with E-state index in [4.69, 9.17) is 17.3 Å². The van der Waals surface area contributed by atoms with E-state index >= 15 is 0 Å². The fraction of sp³-hybridized carbons (Fsp3) is 0.538. The van der Waals surface area contributed by atoms with E-state index in [0.29, 0.717) is 12.0 Å². The highest BCUT2D eigenvalue weighted by Gasteiger charge is 2.21. The average Bonchev–Trinajstić information content (AvgIpc) is 2.44. The lowest BCUT2D eigenvalue weighted by Gasteiger charge is -2.21. The van der Waals surface area contributed by atoms with Gasteiger partial charge in [0, 0.05) is 11.1 Å².